The Bertz CT molecular complexity index is 538. The van der Waals surface area contributed by atoms with E-state index in [1.54, 1.807) is 30.3 Å². The molecule has 1 nitrogen and oxygen atoms in total. The Morgan fingerprint density at radius 1 is 0.944 bits per heavy atom. The average Bonchev–Trinajstić information content (AvgIpc) is 2.32. The molecule has 2 aromatic carbocycles. The van der Waals surface area contributed by atoms with Crippen LogP contribution < -0.4 is 4.74 Å². The van der Waals surface area contributed by atoms with Gasteiger partial charge in [-0.2, -0.15) is 13.2 Å². The van der Waals surface area contributed by atoms with E-state index >= 15 is 0 Å². The van der Waals surface area contributed by atoms with Crippen LogP contribution in [0.2, 0.25) is 5.02 Å². The maximum Gasteiger partial charge on any atom is 0.416 e. The Balaban J connectivity index is 2.26. The van der Waals surface area contributed by atoms with Crippen LogP contribution in [-0.4, -0.2) is 0 Å². The summed E-state index contributed by atoms with van der Waals surface area (Å²) in [6, 6.07) is 11.7. The first-order valence-electron chi connectivity index (χ1n) is 5.06. The van der Waals surface area contributed by atoms with Crippen molar-refractivity contribution in [3.05, 3.63) is 59.1 Å². The summed E-state index contributed by atoms with van der Waals surface area (Å²) in [5, 5.41) is -0.0753. The third kappa shape index (κ3) is 2.96. The van der Waals surface area contributed by atoms with Crippen LogP contribution >= 0.6 is 11.6 Å². The van der Waals surface area contributed by atoms with Crippen molar-refractivity contribution in [2.24, 2.45) is 0 Å². The Morgan fingerprint density at radius 2 is 1.61 bits per heavy atom. The Kier molecular flexibility index (Phi) is 3.48. The zero-order valence-electron chi connectivity index (χ0n) is 9.04. The van der Waals surface area contributed by atoms with E-state index in [-0.39, 0.29) is 10.8 Å². The lowest BCUT2D eigenvalue weighted by Gasteiger charge is -2.10. The van der Waals surface area contributed by atoms with E-state index < -0.39 is 11.7 Å². The first-order chi connectivity index (χ1) is 8.47. The van der Waals surface area contributed by atoms with Gasteiger partial charge in [0.25, 0.3) is 0 Å². The predicted octanol–water partition coefficient (Wildman–Crippen LogP) is 5.15. The van der Waals surface area contributed by atoms with Crippen LogP contribution in [0.25, 0.3) is 0 Å². The standard InChI is InChI=1S/C13H8ClF3O/c14-11-8-9(13(15,16)17)6-7-12(11)18-10-4-2-1-3-5-10/h1-8H. The first-order valence-corrected chi connectivity index (χ1v) is 5.44. The lowest BCUT2D eigenvalue weighted by atomic mass is 10.2. The van der Waals surface area contributed by atoms with Gasteiger partial charge in [-0.25, -0.2) is 0 Å². The average molecular weight is 273 g/mol. The zero-order chi connectivity index (χ0) is 13.2. The minimum absolute atomic E-state index is 0.0753. The highest BCUT2D eigenvalue weighted by Gasteiger charge is 2.31. The van der Waals surface area contributed by atoms with E-state index in [1.165, 1.54) is 6.07 Å². The molecule has 0 saturated heterocycles. The summed E-state index contributed by atoms with van der Waals surface area (Å²) in [6.45, 7) is 0. The number of alkyl halides is 3. The van der Waals surface area contributed by atoms with Gasteiger partial charge in [0.1, 0.15) is 11.5 Å². The summed E-state index contributed by atoms with van der Waals surface area (Å²) in [4.78, 5) is 0. The monoisotopic (exact) mass is 272 g/mol. The molecule has 0 aliphatic carbocycles. The van der Waals surface area contributed by atoms with Gasteiger partial charge in [0.2, 0.25) is 0 Å². The second kappa shape index (κ2) is 4.90. The normalized spacial score (nSPS) is 11.3. The Morgan fingerprint density at radius 3 is 2.17 bits per heavy atom. The molecule has 0 heterocycles. The molecule has 0 aliphatic heterocycles. The maximum absolute atomic E-state index is 12.4. The zero-order valence-corrected chi connectivity index (χ0v) is 9.79. The lowest BCUT2D eigenvalue weighted by molar-refractivity contribution is -0.137. The minimum atomic E-state index is -4.41. The topological polar surface area (TPSA) is 9.23 Å². The summed E-state index contributed by atoms with van der Waals surface area (Å²) in [5.74, 6) is 0.704. The van der Waals surface area contributed by atoms with Gasteiger partial charge in [-0.15, -0.1) is 0 Å². The molecule has 2 rings (SSSR count). The summed E-state index contributed by atoms with van der Waals surface area (Å²) < 4.78 is 42.7. The van der Waals surface area contributed by atoms with Crippen LogP contribution in [0.15, 0.2) is 48.5 Å². The van der Waals surface area contributed by atoms with Crippen molar-refractivity contribution in [1.29, 1.82) is 0 Å². The van der Waals surface area contributed by atoms with Crippen molar-refractivity contribution in [2.45, 2.75) is 6.18 Å². The van der Waals surface area contributed by atoms with Gasteiger partial charge in [0, 0.05) is 0 Å². The van der Waals surface area contributed by atoms with E-state index in [0.717, 1.165) is 12.1 Å². The third-order valence-corrected chi connectivity index (χ3v) is 2.53. The van der Waals surface area contributed by atoms with Crippen LogP contribution in [0.5, 0.6) is 11.5 Å². The van der Waals surface area contributed by atoms with Crippen molar-refractivity contribution in [1.82, 2.24) is 0 Å². The summed E-state index contributed by atoms with van der Waals surface area (Å²) in [5.41, 5.74) is -0.798. The second-order valence-corrected chi connectivity index (χ2v) is 3.97. The SMILES string of the molecule is FC(F)(F)c1ccc(Oc2ccccc2)c(Cl)c1. The van der Waals surface area contributed by atoms with Crippen molar-refractivity contribution in [3.8, 4) is 11.5 Å². The van der Waals surface area contributed by atoms with Gasteiger partial charge in [0.15, 0.2) is 0 Å². The number of halogens is 4. The highest BCUT2D eigenvalue weighted by molar-refractivity contribution is 6.32. The summed E-state index contributed by atoms with van der Waals surface area (Å²) >= 11 is 5.76. The van der Waals surface area contributed by atoms with Crippen LogP contribution in [-0.2, 0) is 6.18 Å². The molecular weight excluding hydrogens is 265 g/mol. The van der Waals surface area contributed by atoms with Gasteiger partial charge >= 0.3 is 6.18 Å². The molecule has 0 amide bonds. The number of hydrogen-bond donors (Lipinski definition) is 0. The van der Waals surface area contributed by atoms with Crippen LogP contribution in [0.3, 0.4) is 0 Å². The fraction of sp³-hybridized carbons (Fsp3) is 0.0769. The number of hydrogen-bond acceptors (Lipinski definition) is 1. The van der Waals surface area contributed by atoms with E-state index in [1.807, 2.05) is 0 Å². The molecule has 0 aliphatic rings. The van der Waals surface area contributed by atoms with Gasteiger partial charge in [-0.1, -0.05) is 29.8 Å². The minimum Gasteiger partial charge on any atom is -0.456 e. The smallest absolute Gasteiger partial charge is 0.416 e. The number of para-hydroxylation sites is 1. The highest BCUT2D eigenvalue weighted by Crippen LogP contribution is 2.36. The number of ether oxygens (including phenoxy) is 1. The maximum atomic E-state index is 12.4. The third-order valence-electron chi connectivity index (χ3n) is 2.23. The van der Waals surface area contributed by atoms with E-state index in [9.17, 15) is 13.2 Å². The van der Waals surface area contributed by atoms with Gasteiger partial charge in [-0.3, -0.25) is 0 Å². The molecule has 2 aromatic rings. The second-order valence-electron chi connectivity index (χ2n) is 3.56. The van der Waals surface area contributed by atoms with Crippen molar-refractivity contribution >= 4 is 11.6 Å². The molecule has 0 N–H and O–H groups in total. The van der Waals surface area contributed by atoms with Crippen LogP contribution in [0.1, 0.15) is 5.56 Å². The molecule has 5 heteroatoms. The lowest BCUT2D eigenvalue weighted by Crippen LogP contribution is -2.04. The first kappa shape index (κ1) is 12.8. The Hall–Kier alpha value is -1.68. The van der Waals surface area contributed by atoms with Crippen LogP contribution in [0.4, 0.5) is 13.2 Å². The molecular formula is C13H8ClF3O. The molecule has 0 radical (unpaired) electrons. The summed E-state index contributed by atoms with van der Waals surface area (Å²) in [6.07, 6.45) is -4.41. The van der Waals surface area contributed by atoms with E-state index in [2.05, 4.69) is 0 Å². The van der Waals surface area contributed by atoms with Gasteiger partial charge in [0.05, 0.1) is 10.6 Å². The quantitative estimate of drug-likeness (QED) is 0.734. The molecule has 0 spiro atoms. The van der Waals surface area contributed by atoms with Crippen LogP contribution in [0, 0.1) is 0 Å². The highest BCUT2D eigenvalue weighted by atomic mass is 35.5. The molecule has 0 fully saturated rings. The number of benzene rings is 2. The molecule has 0 bridgehead atoms. The van der Waals surface area contributed by atoms with Gasteiger partial charge < -0.3 is 4.74 Å². The van der Waals surface area contributed by atoms with Crippen molar-refractivity contribution in [3.63, 3.8) is 0 Å². The van der Waals surface area contributed by atoms with Crippen molar-refractivity contribution < 1.29 is 17.9 Å². The predicted molar refractivity (Wildman–Crippen MR) is 63.0 cm³/mol. The van der Waals surface area contributed by atoms with E-state index in [0.29, 0.717) is 5.75 Å². The molecule has 0 aromatic heterocycles. The summed E-state index contributed by atoms with van der Waals surface area (Å²) in [7, 11) is 0. The molecule has 18 heavy (non-hydrogen) atoms. The largest absolute Gasteiger partial charge is 0.456 e. The van der Waals surface area contributed by atoms with Gasteiger partial charge in [-0.05, 0) is 30.3 Å². The van der Waals surface area contributed by atoms with Crippen molar-refractivity contribution in [2.75, 3.05) is 0 Å². The fourth-order valence-electron chi connectivity index (χ4n) is 1.38. The van der Waals surface area contributed by atoms with E-state index in [4.69, 9.17) is 16.3 Å². The molecule has 0 atom stereocenters. The Labute approximate surface area is 107 Å². The molecule has 0 saturated carbocycles. The fourth-order valence-corrected chi connectivity index (χ4v) is 1.59. The molecule has 0 unspecified atom stereocenters. The molecule has 94 valence electrons. The number of rotatable bonds is 2.